The number of rotatable bonds is 5. The van der Waals surface area contributed by atoms with Gasteiger partial charge in [0.2, 0.25) is 5.91 Å². The van der Waals surface area contributed by atoms with Crippen molar-refractivity contribution in [1.29, 1.82) is 0 Å². The minimum atomic E-state index is -0.455. The van der Waals surface area contributed by atoms with Crippen molar-refractivity contribution < 1.29 is 9.53 Å². The van der Waals surface area contributed by atoms with Crippen LogP contribution in [0.2, 0.25) is 0 Å². The fraction of sp³-hybridized carbons (Fsp3) is 0.438. The monoisotopic (exact) mass is 315 g/mol. The van der Waals surface area contributed by atoms with Crippen molar-refractivity contribution in [1.82, 2.24) is 20.5 Å². The molecule has 2 aromatic rings. The molecule has 1 aliphatic rings. The first-order valence-electron chi connectivity index (χ1n) is 7.70. The third-order valence-corrected chi connectivity index (χ3v) is 4.29. The number of carbonyl (C=O) groups excluding carboxylic acids is 1. The van der Waals surface area contributed by atoms with Gasteiger partial charge in [-0.3, -0.25) is 9.89 Å². The molecule has 0 aliphatic carbocycles. The first kappa shape index (κ1) is 15.6. The van der Waals surface area contributed by atoms with Gasteiger partial charge in [0.25, 0.3) is 0 Å². The lowest BCUT2D eigenvalue weighted by Gasteiger charge is -2.35. The van der Waals surface area contributed by atoms with E-state index in [1.807, 2.05) is 24.3 Å². The highest BCUT2D eigenvalue weighted by Crippen LogP contribution is 2.31. The Morgan fingerprint density at radius 3 is 2.65 bits per heavy atom. The molecule has 0 saturated carbocycles. The van der Waals surface area contributed by atoms with Crippen molar-refractivity contribution in [3.8, 4) is 11.4 Å². The Balaban J connectivity index is 1.71. The number of nitrogens with one attached hydrogen (secondary N) is 3. The lowest BCUT2D eigenvalue weighted by atomic mass is 9.78. The van der Waals surface area contributed by atoms with Crippen LogP contribution in [-0.4, -0.2) is 47.9 Å². The molecule has 122 valence electrons. The van der Waals surface area contributed by atoms with Crippen molar-refractivity contribution in [3.63, 3.8) is 0 Å². The summed E-state index contributed by atoms with van der Waals surface area (Å²) in [6, 6.07) is 7.55. The molecule has 0 spiro atoms. The average Bonchev–Trinajstić information content (AvgIpc) is 3.11. The normalized spacial score (nSPS) is 16.9. The van der Waals surface area contributed by atoms with Crippen LogP contribution in [0.4, 0.5) is 5.69 Å². The SMILES string of the molecule is COCC1(C(=O)Nc2ccc(-c3ncn[nH]3)cc2)CCNCC1. The maximum atomic E-state index is 12.7. The Kier molecular flexibility index (Phi) is 4.68. The van der Waals surface area contributed by atoms with Crippen LogP contribution >= 0.6 is 0 Å². The van der Waals surface area contributed by atoms with Gasteiger partial charge in [-0.15, -0.1) is 0 Å². The van der Waals surface area contributed by atoms with Crippen molar-refractivity contribution >= 4 is 11.6 Å². The summed E-state index contributed by atoms with van der Waals surface area (Å²) >= 11 is 0. The number of piperidine rings is 1. The summed E-state index contributed by atoms with van der Waals surface area (Å²) in [5, 5.41) is 13.0. The van der Waals surface area contributed by atoms with E-state index in [9.17, 15) is 4.79 Å². The van der Waals surface area contributed by atoms with Gasteiger partial charge in [-0.1, -0.05) is 0 Å². The Hall–Kier alpha value is -2.25. The van der Waals surface area contributed by atoms with Crippen LogP contribution in [0.5, 0.6) is 0 Å². The van der Waals surface area contributed by atoms with E-state index >= 15 is 0 Å². The second-order valence-corrected chi connectivity index (χ2v) is 5.83. The largest absolute Gasteiger partial charge is 0.384 e. The molecule has 3 rings (SSSR count). The van der Waals surface area contributed by atoms with Gasteiger partial charge < -0.3 is 15.4 Å². The topological polar surface area (TPSA) is 91.9 Å². The van der Waals surface area contributed by atoms with Gasteiger partial charge in [-0.2, -0.15) is 5.10 Å². The average molecular weight is 315 g/mol. The quantitative estimate of drug-likeness (QED) is 0.776. The van der Waals surface area contributed by atoms with Gasteiger partial charge in [-0.25, -0.2) is 4.98 Å². The molecule has 1 aromatic carbocycles. The molecule has 7 nitrogen and oxygen atoms in total. The molecule has 3 N–H and O–H groups in total. The van der Waals surface area contributed by atoms with E-state index in [1.165, 1.54) is 6.33 Å². The summed E-state index contributed by atoms with van der Waals surface area (Å²) in [5.74, 6) is 0.727. The zero-order valence-electron chi connectivity index (χ0n) is 13.1. The van der Waals surface area contributed by atoms with Crippen LogP contribution in [0.3, 0.4) is 0 Å². The Labute approximate surface area is 134 Å². The minimum absolute atomic E-state index is 0.0215. The van der Waals surface area contributed by atoms with E-state index in [-0.39, 0.29) is 5.91 Å². The van der Waals surface area contributed by atoms with Crippen molar-refractivity contribution in [3.05, 3.63) is 30.6 Å². The van der Waals surface area contributed by atoms with Gasteiger partial charge >= 0.3 is 0 Å². The number of amides is 1. The van der Waals surface area contributed by atoms with Gasteiger partial charge in [0.1, 0.15) is 6.33 Å². The highest BCUT2D eigenvalue weighted by molar-refractivity contribution is 5.95. The Bertz CT molecular complexity index is 627. The second kappa shape index (κ2) is 6.89. The van der Waals surface area contributed by atoms with E-state index in [0.717, 1.165) is 37.2 Å². The third kappa shape index (κ3) is 3.40. The molecule has 0 radical (unpaired) electrons. The summed E-state index contributed by atoms with van der Waals surface area (Å²) < 4.78 is 5.30. The molecule has 23 heavy (non-hydrogen) atoms. The van der Waals surface area contributed by atoms with Gasteiger partial charge in [0.15, 0.2) is 5.82 Å². The molecular formula is C16H21N5O2. The molecule has 0 bridgehead atoms. The number of hydrogen-bond acceptors (Lipinski definition) is 5. The number of hydrogen-bond donors (Lipinski definition) is 3. The maximum absolute atomic E-state index is 12.7. The fourth-order valence-corrected chi connectivity index (χ4v) is 2.94. The summed E-state index contributed by atoms with van der Waals surface area (Å²) in [5.41, 5.74) is 1.24. The summed E-state index contributed by atoms with van der Waals surface area (Å²) in [4.78, 5) is 16.9. The number of H-pyrrole nitrogens is 1. The number of benzene rings is 1. The lowest BCUT2D eigenvalue weighted by Crippen LogP contribution is -2.47. The predicted molar refractivity (Wildman–Crippen MR) is 86.9 cm³/mol. The van der Waals surface area contributed by atoms with Gasteiger partial charge in [0.05, 0.1) is 12.0 Å². The van der Waals surface area contributed by atoms with Crippen molar-refractivity contribution in [2.24, 2.45) is 5.41 Å². The van der Waals surface area contributed by atoms with Gasteiger partial charge in [-0.05, 0) is 50.2 Å². The number of aromatic amines is 1. The smallest absolute Gasteiger partial charge is 0.233 e. The molecule has 1 fully saturated rings. The maximum Gasteiger partial charge on any atom is 0.233 e. The molecule has 2 heterocycles. The van der Waals surface area contributed by atoms with Crippen LogP contribution in [0.25, 0.3) is 11.4 Å². The minimum Gasteiger partial charge on any atom is -0.384 e. The van der Waals surface area contributed by atoms with E-state index in [0.29, 0.717) is 12.4 Å². The number of anilines is 1. The Morgan fingerprint density at radius 1 is 1.30 bits per heavy atom. The van der Waals surface area contributed by atoms with Crippen LogP contribution < -0.4 is 10.6 Å². The van der Waals surface area contributed by atoms with E-state index in [1.54, 1.807) is 7.11 Å². The standard InChI is InChI=1S/C16H21N5O2/c1-23-10-16(6-8-17-9-7-16)15(22)20-13-4-2-12(3-5-13)14-18-11-19-21-14/h2-5,11,17H,6-10H2,1H3,(H,20,22)(H,18,19,21). The van der Waals surface area contributed by atoms with Crippen LogP contribution in [0.1, 0.15) is 12.8 Å². The number of ether oxygens (including phenoxy) is 1. The van der Waals surface area contributed by atoms with E-state index < -0.39 is 5.41 Å². The third-order valence-electron chi connectivity index (χ3n) is 4.29. The lowest BCUT2D eigenvalue weighted by molar-refractivity contribution is -0.130. The summed E-state index contributed by atoms with van der Waals surface area (Å²) in [7, 11) is 1.64. The van der Waals surface area contributed by atoms with E-state index in [2.05, 4.69) is 25.8 Å². The molecule has 0 unspecified atom stereocenters. The first-order chi connectivity index (χ1) is 11.2. The van der Waals surface area contributed by atoms with E-state index in [4.69, 9.17) is 4.74 Å². The fourth-order valence-electron chi connectivity index (χ4n) is 2.94. The molecule has 7 heteroatoms. The second-order valence-electron chi connectivity index (χ2n) is 5.83. The first-order valence-corrected chi connectivity index (χ1v) is 7.70. The highest BCUT2D eigenvalue weighted by atomic mass is 16.5. The number of aromatic nitrogens is 3. The van der Waals surface area contributed by atoms with Crippen LogP contribution in [0.15, 0.2) is 30.6 Å². The summed E-state index contributed by atoms with van der Waals surface area (Å²) in [6.07, 6.45) is 3.03. The van der Waals surface area contributed by atoms with Crippen LogP contribution in [-0.2, 0) is 9.53 Å². The zero-order chi connectivity index (χ0) is 16.1. The van der Waals surface area contributed by atoms with Crippen LogP contribution in [0, 0.1) is 5.41 Å². The van der Waals surface area contributed by atoms with Crippen molar-refractivity contribution in [2.75, 3.05) is 32.1 Å². The molecule has 1 saturated heterocycles. The number of nitrogens with zero attached hydrogens (tertiary/aromatic N) is 2. The predicted octanol–water partition coefficient (Wildman–Crippen LogP) is 1.43. The van der Waals surface area contributed by atoms with Crippen molar-refractivity contribution in [2.45, 2.75) is 12.8 Å². The molecular weight excluding hydrogens is 294 g/mol. The molecule has 1 amide bonds. The zero-order valence-corrected chi connectivity index (χ0v) is 13.1. The summed E-state index contributed by atoms with van der Waals surface area (Å²) in [6.45, 7) is 2.11. The number of methoxy groups -OCH3 is 1. The number of carbonyl (C=O) groups is 1. The molecule has 1 aliphatic heterocycles. The highest BCUT2D eigenvalue weighted by Gasteiger charge is 2.39. The Morgan fingerprint density at radius 2 is 2.04 bits per heavy atom. The van der Waals surface area contributed by atoms with Gasteiger partial charge in [0, 0.05) is 18.4 Å². The molecule has 0 atom stereocenters. The molecule has 1 aromatic heterocycles.